The number of aryl methyl sites for hydroxylation is 1. The average molecular weight is 314 g/mol. The number of hydrogen-bond donors (Lipinski definition) is 1. The van der Waals surface area contributed by atoms with Crippen LogP contribution in [0.3, 0.4) is 0 Å². The normalized spacial score (nSPS) is 13.8. The van der Waals surface area contributed by atoms with Gasteiger partial charge in [0.15, 0.2) is 6.10 Å². The fourth-order valence-corrected chi connectivity index (χ4v) is 1.93. The van der Waals surface area contributed by atoms with Crippen molar-refractivity contribution in [2.45, 2.75) is 46.3 Å². The number of amides is 1. The third kappa shape index (κ3) is 4.33. The van der Waals surface area contributed by atoms with Crippen molar-refractivity contribution in [3.05, 3.63) is 28.2 Å². The molecule has 2 unspecified atom stereocenters. The zero-order valence-electron chi connectivity index (χ0n) is 11.3. The molecule has 0 saturated heterocycles. The Morgan fingerprint density at radius 2 is 2.11 bits per heavy atom. The second-order valence-corrected chi connectivity index (χ2v) is 5.40. The fraction of sp³-hybridized carbons (Fsp3) is 0.500. The lowest BCUT2D eigenvalue weighted by Crippen LogP contribution is -2.41. The van der Waals surface area contributed by atoms with Crippen molar-refractivity contribution in [2.24, 2.45) is 0 Å². The second-order valence-electron chi connectivity index (χ2n) is 4.49. The minimum atomic E-state index is -0.487. The molecule has 1 aromatic carbocycles. The molecule has 1 amide bonds. The van der Waals surface area contributed by atoms with E-state index in [0.717, 1.165) is 22.2 Å². The first-order valence-corrected chi connectivity index (χ1v) is 6.96. The third-order valence-corrected chi connectivity index (χ3v) is 3.30. The number of ether oxygens (including phenoxy) is 1. The number of carbonyl (C=O) groups excluding carboxylic acids is 1. The molecule has 0 aliphatic carbocycles. The molecule has 3 nitrogen and oxygen atoms in total. The molecule has 0 heterocycles. The molecule has 0 saturated carbocycles. The standard InChI is InChI=1S/C14H20BrNO2/c1-5-10(3)16-14(17)11(4)18-13-7-6-12(15)8-9(13)2/h6-8,10-11H,5H2,1-4H3,(H,16,17). The molecule has 0 aromatic heterocycles. The number of halogens is 1. The van der Waals surface area contributed by atoms with Crippen LogP contribution in [-0.2, 0) is 4.79 Å². The van der Waals surface area contributed by atoms with Gasteiger partial charge in [-0.25, -0.2) is 0 Å². The smallest absolute Gasteiger partial charge is 0.260 e. The summed E-state index contributed by atoms with van der Waals surface area (Å²) < 4.78 is 6.68. The first-order valence-electron chi connectivity index (χ1n) is 6.17. The van der Waals surface area contributed by atoms with Crippen molar-refractivity contribution in [1.29, 1.82) is 0 Å². The number of nitrogens with one attached hydrogen (secondary N) is 1. The van der Waals surface area contributed by atoms with Gasteiger partial charge in [0, 0.05) is 10.5 Å². The summed E-state index contributed by atoms with van der Waals surface area (Å²) in [6.07, 6.45) is 0.425. The van der Waals surface area contributed by atoms with Crippen molar-refractivity contribution in [2.75, 3.05) is 0 Å². The topological polar surface area (TPSA) is 38.3 Å². The Labute approximate surface area is 117 Å². The molecule has 0 fully saturated rings. The predicted octanol–water partition coefficient (Wildman–Crippen LogP) is 3.44. The maximum absolute atomic E-state index is 11.8. The molecule has 1 rings (SSSR count). The SMILES string of the molecule is CCC(C)NC(=O)C(C)Oc1ccc(Br)cc1C. The highest BCUT2D eigenvalue weighted by Crippen LogP contribution is 2.23. The Hall–Kier alpha value is -1.03. The summed E-state index contributed by atoms with van der Waals surface area (Å²) in [5.74, 6) is 0.664. The zero-order chi connectivity index (χ0) is 13.7. The Morgan fingerprint density at radius 3 is 2.67 bits per heavy atom. The summed E-state index contributed by atoms with van der Waals surface area (Å²) >= 11 is 3.40. The molecule has 0 spiro atoms. The first kappa shape index (κ1) is 15.0. The number of carbonyl (C=O) groups is 1. The molecule has 0 bridgehead atoms. The summed E-state index contributed by atoms with van der Waals surface area (Å²) in [4.78, 5) is 11.8. The highest BCUT2D eigenvalue weighted by atomic mass is 79.9. The lowest BCUT2D eigenvalue weighted by molar-refractivity contribution is -0.127. The van der Waals surface area contributed by atoms with Crippen molar-refractivity contribution >= 4 is 21.8 Å². The second kappa shape index (κ2) is 6.78. The van der Waals surface area contributed by atoms with Crippen LogP contribution in [0.25, 0.3) is 0 Å². The molecule has 0 aliphatic rings. The van der Waals surface area contributed by atoms with Gasteiger partial charge in [-0.05, 0) is 51.0 Å². The minimum absolute atomic E-state index is 0.0772. The lowest BCUT2D eigenvalue weighted by Gasteiger charge is -2.18. The summed E-state index contributed by atoms with van der Waals surface area (Å²) in [5.41, 5.74) is 1.01. The van der Waals surface area contributed by atoms with Gasteiger partial charge < -0.3 is 10.1 Å². The monoisotopic (exact) mass is 313 g/mol. The summed E-state index contributed by atoms with van der Waals surface area (Å²) in [7, 11) is 0. The van der Waals surface area contributed by atoms with E-state index >= 15 is 0 Å². The predicted molar refractivity (Wildman–Crippen MR) is 76.9 cm³/mol. The van der Waals surface area contributed by atoms with Gasteiger partial charge >= 0.3 is 0 Å². The van der Waals surface area contributed by atoms with E-state index in [2.05, 4.69) is 21.2 Å². The fourth-order valence-electron chi connectivity index (χ4n) is 1.45. The van der Waals surface area contributed by atoms with Crippen molar-refractivity contribution in [3.8, 4) is 5.75 Å². The van der Waals surface area contributed by atoms with Crippen LogP contribution in [0.2, 0.25) is 0 Å². The molecule has 18 heavy (non-hydrogen) atoms. The Morgan fingerprint density at radius 1 is 1.44 bits per heavy atom. The third-order valence-electron chi connectivity index (χ3n) is 2.81. The van der Waals surface area contributed by atoms with Crippen LogP contribution in [0.4, 0.5) is 0 Å². The van der Waals surface area contributed by atoms with E-state index < -0.39 is 6.10 Å². The van der Waals surface area contributed by atoms with E-state index in [1.807, 2.05) is 39.0 Å². The van der Waals surface area contributed by atoms with Crippen LogP contribution < -0.4 is 10.1 Å². The van der Waals surface area contributed by atoms with E-state index in [1.165, 1.54) is 0 Å². The largest absolute Gasteiger partial charge is 0.481 e. The summed E-state index contributed by atoms with van der Waals surface area (Å²) in [5, 5.41) is 2.91. The Balaban J connectivity index is 2.63. The Bertz CT molecular complexity index is 420. The lowest BCUT2D eigenvalue weighted by atomic mass is 10.2. The van der Waals surface area contributed by atoms with Gasteiger partial charge in [0.1, 0.15) is 5.75 Å². The van der Waals surface area contributed by atoms with Gasteiger partial charge in [0.25, 0.3) is 5.91 Å². The van der Waals surface area contributed by atoms with E-state index in [9.17, 15) is 4.79 Å². The van der Waals surface area contributed by atoms with Crippen LogP contribution in [0.15, 0.2) is 22.7 Å². The maximum atomic E-state index is 11.8. The molecule has 0 radical (unpaired) electrons. The quantitative estimate of drug-likeness (QED) is 0.904. The van der Waals surface area contributed by atoms with Crippen LogP contribution in [-0.4, -0.2) is 18.1 Å². The summed E-state index contributed by atoms with van der Waals surface area (Å²) in [6, 6.07) is 5.91. The molecule has 1 N–H and O–H groups in total. The van der Waals surface area contributed by atoms with Gasteiger partial charge in [0.2, 0.25) is 0 Å². The van der Waals surface area contributed by atoms with Gasteiger partial charge in [-0.2, -0.15) is 0 Å². The van der Waals surface area contributed by atoms with Gasteiger partial charge in [0.05, 0.1) is 0 Å². The molecule has 4 heteroatoms. The minimum Gasteiger partial charge on any atom is -0.481 e. The van der Waals surface area contributed by atoms with Crippen molar-refractivity contribution in [3.63, 3.8) is 0 Å². The van der Waals surface area contributed by atoms with Crippen LogP contribution in [0, 0.1) is 6.92 Å². The van der Waals surface area contributed by atoms with Gasteiger partial charge in [-0.1, -0.05) is 22.9 Å². The molecular weight excluding hydrogens is 294 g/mol. The van der Waals surface area contributed by atoms with Crippen molar-refractivity contribution < 1.29 is 9.53 Å². The Kier molecular flexibility index (Phi) is 5.66. The zero-order valence-corrected chi connectivity index (χ0v) is 12.9. The molecule has 0 aliphatic heterocycles. The maximum Gasteiger partial charge on any atom is 0.260 e. The van der Waals surface area contributed by atoms with E-state index in [0.29, 0.717) is 0 Å². The van der Waals surface area contributed by atoms with Crippen molar-refractivity contribution in [1.82, 2.24) is 5.32 Å². The molecule has 2 atom stereocenters. The van der Waals surface area contributed by atoms with E-state index in [4.69, 9.17) is 4.74 Å². The highest BCUT2D eigenvalue weighted by Gasteiger charge is 2.16. The van der Waals surface area contributed by atoms with Crippen LogP contribution in [0.1, 0.15) is 32.8 Å². The number of rotatable bonds is 5. The molecular formula is C14H20BrNO2. The number of hydrogen-bond acceptors (Lipinski definition) is 2. The molecule has 1 aromatic rings. The average Bonchev–Trinajstić information content (AvgIpc) is 2.32. The molecule has 100 valence electrons. The van der Waals surface area contributed by atoms with Gasteiger partial charge in [-0.3, -0.25) is 4.79 Å². The highest BCUT2D eigenvalue weighted by molar-refractivity contribution is 9.10. The summed E-state index contributed by atoms with van der Waals surface area (Å²) in [6.45, 7) is 7.74. The van der Waals surface area contributed by atoms with E-state index in [1.54, 1.807) is 6.92 Å². The number of benzene rings is 1. The van der Waals surface area contributed by atoms with Crippen LogP contribution in [0.5, 0.6) is 5.75 Å². The first-order chi connectivity index (χ1) is 8.43. The van der Waals surface area contributed by atoms with Gasteiger partial charge in [-0.15, -0.1) is 0 Å². The van der Waals surface area contributed by atoms with E-state index in [-0.39, 0.29) is 11.9 Å². The van der Waals surface area contributed by atoms with Crippen LogP contribution >= 0.6 is 15.9 Å².